The van der Waals surface area contributed by atoms with Crippen LogP contribution in [0.1, 0.15) is 54.6 Å². The van der Waals surface area contributed by atoms with Gasteiger partial charge in [-0.15, -0.1) is 0 Å². The molecule has 1 aliphatic carbocycles. The minimum atomic E-state index is -0.913. The number of nitrogens with one attached hydrogen (secondary N) is 1. The molecule has 0 aliphatic heterocycles. The van der Waals surface area contributed by atoms with Crippen LogP contribution in [0.4, 0.5) is 5.82 Å². The first-order valence-electron chi connectivity index (χ1n) is 7.10. The highest BCUT2D eigenvalue weighted by Gasteiger charge is 2.19. The Morgan fingerprint density at radius 2 is 2.16 bits per heavy atom. The number of anilines is 1. The maximum atomic E-state index is 11.2. The number of aryl methyl sites for hydroxylation is 2. The predicted molar refractivity (Wildman–Crippen MR) is 74.6 cm³/mol. The summed E-state index contributed by atoms with van der Waals surface area (Å²) >= 11 is 0. The molecule has 106 valence electrons. The van der Waals surface area contributed by atoms with Gasteiger partial charge in [0.05, 0.1) is 5.69 Å². The Hall–Kier alpha value is -1.52. The van der Waals surface area contributed by atoms with E-state index in [2.05, 4.69) is 10.4 Å². The van der Waals surface area contributed by atoms with Gasteiger partial charge in [0, 0.05) is 13.6 Å². The molecule has 0 radical (unpaired) electrons. The second kappa shape index (κ2) is 6.08. The number of rotatable bonds is 6. The SMILES string of the molecule is Cc1nn(C)c(NCCCC2CCCC2)c1C(=O)O. The first-order chi connectivity index (χ1) is 9.09. The van der Waals surface area contributed by atoms with Gasteiger partial charge < -0.3 is 10.4 Å². The fourth-order valence-corrected chi connectivity index (χ4v) is 3.01. The zero-order valence-corrected chi connectivity index (χ0v) is 11.8. The van der Waals surface area contributed by atoms with Crippen molar-refractivity contribution in [3.63, 3.8) is 0 Å². The Bertz CT molecular complexity index is 448. The van der Waals surface area contributed by atoms with Crippen molar-refractivity contribution in [2.45, 2.75) is 45.4 Å². The van der Waals surface area contributed by atoms with Gasteiger partial charge in [-0.25, -0.2) is 4.79 Å². The Morgan fingerprint density at radius 1 is 1.47 bits per heavy atom. The van der Waals surface area contributed by atoms with Gasteiger partial charge in [0.25, 0.3) is 0 Å². The molecule has 1 fully saturated rings. The lowest BCUT2D eigenvalue weighted by Gasteiger charge is -2.10. The summed E-state index contributed by atoms with van der Waals surface area (Å²) in [4.78, 5) is 11.2. The highest BCUT2D eigenvalue weighted by molar-refractivity contribution is 5.94. The van der Waals surface area contributed by atoms with Crippen LogP contribution in [0.25, 0.3) is 0 Å². The first kappa shape index (κ1) is 13.9. The summed E-state index contributed by atoms with van der Waals surface area (Å²) < 4.78 is 1.62. The molecule has 0 spiro atoms. The highest BCUT2D eigenvalue weighted by Crippen LogP contribution is 2.28. The monoisotopic (exact) mass is 265 g/mol. The second-order valence-corrected chi connectivity index (χ2v) is 5.46. The molecule has 2 N–H and O–H groups in total. The highest BCUT2D eigenvalue weighted by atomic mass is 16.4. The van der Waals surface area contributed by atoms with Crippen LogP contribution in [0.5, 0.6) is 0 Å². The van der Waals surface area contributed by atoms with E-state index in [4.69, 9.17) is 0 Å². The Morgan fingerprint density at radius 3 is 2.79 bits per heavy atom. The molecule has 0 saturated heterocycles. The van der Waals surface area contributed by atoms with Crippen molar-refractivity contribution in [1.82, 2.24) is 9.78 Å². The van der Waals surface area contributed by atoms with E-state index in [0.717, 1.165) is 18.9 Å². The van der Waals surface area contributed by atoms with E-state index < -0.39 is 5.97 Å². The molecule has 0 unspecified atom stereocenters. The van der Waals surface area contributed by atoms with Crippen molar-refractivity contribution in [2.24, 2.45) is 13.0 Å². The van der Waals surface area contributed by atoms with Crippen LogP contribution in [-0.2, 0) is 7.05 Å². The van der Waals surface area contributed by atoms with Crippen molar-refractivity contribution < 1.29 is 9.90 Å². The van der Waals surface area contributed by atoms with Crippen molar-refractivity contribution in [3.05, 3.63) is 11.3 Å². The molecule has 1 aliphatic rings. The summed E-state index contributed by atoms with van der Waals surface area (Å²) in [6.45, 7) is 2.54. The van der Waals surface area contributed by atoms with Crippen LogP contribution >= 0.6 is 0 Å². The maximum Gasteiger partial charge on any atom is 0.341 e. The third kappa shape index (κ3) is 3.28. The number of nitrogens with zero attached hydrogens (tertiary/aromatic N) is 2. The van der Waals surface area contributed by atoms with Crippen LogP contribution < -0.4 is 5.32 Å². The first-order valence-corrected chi connectivity index (χ1v) is 7.10. The third-order valence-corrected chi connectivity index (χ3v) is 3.99. The van der Waals surface area contributed by atoms with Gasteiger partial charge >= 0.3 is 5.97 Å². The smallest absolute Gasteiger partial charge is 0.341 e. The molecule has 5 nitrogen and oxygen atoms in total. The Kier molecular flexibility index (Phi) is 4.45. The van der Waals surface area contributed by atoms with Gasteiger partial charge in [-0.2, -0.15) is 5.10 Å². The topological polar surface area (TPSA) is 67.2 Å². The van der Waals surface area contributed by atoms with E-state index in [1.165, 1.54) is 32.1 Å². The van der Waals surface area contributed by atoms with Gasteiger partial charge in [0.2, 0.25) is 0 Å². The van der Waals surface area contributed by atoms with Crippen molar-refractivity contribution in [1.29, 1.82) is 0 Å². The molecule has 5 heteroatoms. The number of hydrogen-bond donors (Lipinski definition) is 2. The van der Waals surface area contributed by atoms with E-state index in [1.54, 1.807) is 18.7 Å². The molecule has 0 atom stereocenters. The van der Waals surface area contributed by atoms with E-state index in [-0.39, 0.29) is 0 Å². The number of hydrogen-bond acceptors (Lipinski definition) is 3. The summed E-state index contributed by atoms with van der Waals surface area (Å²) in [5, 5.41) is 16.6. The third-order valence-electron chi connectivity index (χ3n) is 3.99. The van der Waals surface area contributed by atoms with E-state index >= 15 is 0 Å². The van der Waals surface area contributed by atoms with Gasteiger partial charge in [0.1, 0.15) is 11.4 Å². The van der Waals surface area contributed by atoms with Crippen LogP contribution in [0.2, 0.25) is 0 Å². The summed E-state index contributed by atoms with van der Waals surface area (Å²) in [5.41, 5.74) is 0.858. The van der Waals surface area contributed by atoms with Crippen LogP contribution in [0, 0.1) is 12.8 Å². The van der Waals surface area contributed by atoms with E-state index in [1.807, 2.05) is 0 Å². The number of carbonyl (C=O) groups is 1. The second-order valence-electron chi connectivity index (χ2n) is 5.46. The lowest BCUT2D eigenvalue weighted by molar-refractivity contribution is 0.0697. The minimum absolute atomic E-state index is 0.295. The molecule has 0 bridgehead atoms. The van der Waals surface area contributed by atoms with Crippen LogP contribution in [-0.4, -0.2) is 27.4 Å². The number of aromatic carboxylic acids is 1. The number of aromatic nitrogens is 2. The van der Waals surface area contributed by atoms with Gasteiger partial charge in [0.15, 0.2) is 0 Å². The van der Waals surface area contributed by atoms with Gasteiger partial charge in [-0.05, 0) is 25.7 Å². The van der Waals surface area contributed by atoms with Crippen LogP contribution in [0.3, 0.4) is 0 Å². The minimum Gasteiger partial charge on any atom is -0.477 e. The normalized spacial score (nSPS) is 15.9. The summed E-state index contributed by atoms with van der Waals surface area (Å²) in [6.07, 6.45) is 7.82. The summed E-state index contributed by atoms with van der Waals surface area (Å²) in [6, 6.07) is 0. The predicted octanol–water partition coefficient (Wildman–Crippen LogP) is 2.81. The zero-order chi connectivity index (χ0) is 13.8. The molecule has 1 aromatic rings. The fourth-order valence-electron chi connectivity index (χ4n) is 3.01. The molecular formula is C14H23N3O2. The van der Waals surface area contributed by atoms with Crippen molar-refractivity contribution in [2.75, 3.05) is 11.9 Å². The van der Waals surface area contributed by atoms with E-state index in [9.17, 15) is 9.90 Å². The Labute approximate surface area is 114 Å². The lowest BCUT2D eigenvalue weighted by Crippen LogP contribution is -2.11. The van der Waals surface area contributed by atoms with Crippen LogP contribution in [0.15, 0.2) is 0 Å². The molecule has 19 heavy (non-hydrogen) atoms. The van der Waals surface area contributed by atoms with Crippen molar-refractivity contribution >= 4 is 11.8 Å². The zero-order valence-electron chi connectivity index (χ0n) is 11.8. The molecular weight excluding hydrogens is 242 g/mol. The molecule has 1 saturated carbocycles. The van der Waals surface area contributed by atoms with Gasteiger partial charge in [-0.3, -0.25) is 4.68 Å². The molecule has 0 amide bonds. The quantitative estimate of drug-likeness (QED) is 0.776. The standard InChI is InChI=1S/C14H23N3O2/c1-10-12(14(18)19)13(17(2)16-10)15-9-5-8-11-6-3-4-7-11/h11,15H,3-9H2,1-2H3,(H,18,19). The summed E-state index contributed by atoms with van der Waals surface area (Å²) in [7, 11) is 1.78. The molecule has 2 rings (SSSR count). The molecule has 1 aromatic heterocycles. The number of carboxylic acids is 1. The molecule has 1 heterocycles. The maximum absolute atomic E-state index is 11.2. The average molecular weight is 265 g/mol. The van der Waals surface area contributed by atoms with E-state index in [0.29, 0.717) is 17.1 Å². The average Bonchev–Trinajstić information content (AvgIpc) is 2.93. The van der Waals surface area contributed by atoms with Gasteiger partial charge in [-0.1, -0.05) is 25.7 Å². The summed E-state index contributed by atoms with van der Waals surface area (Å²) in [5.74, 6) is 0.592. The van der Waals surface area contributed by atoms with Crippen molar-refractivity contribution in [3.8, 4) is 0 Å². The fraction of sp³-hybridized carbons (Fsp3) is 0.714. The largest absolute Gasteiger partial charge is 0.477 e. The lowest BCUT2D eigenvalue weighted by atomic mass is 10.0. The molecule has 0 aromatic carbocycles. The Balaban J connectivity index is 1.86. The number of carboxylic acid groups (broad SMARTS) is 1.